The third-order valence-electron chi connectivity index (χ3n) is 4.54. The van der Waals surface area contributed by atoms with Crippen LogP contribution in [0.3, 0.4) is 0 Å². The maximum Gasteiger partial charge on any atom is 0.277 e. The molecule has 7 nitrogen and oxygen atoms in total. The molecule has 0 spiro atoms. The Hall–Kier alpha value is -3.17. The van der Waals surface area contributed by atoms with E-state index in [4.69, 9.17) is 4.74 Å². The molecule has 0 heterocycles. The van der Waals surface area contributed by atoms with Crippen LogP contribution in [-0.4, -0.2) is 29.7 Å². The number of carbonyl (C=O) groups excluding carboxylic acids is 1. The lowest BCUT2D eigenvalue weighted by Gasteiger charge is -2.26. The van der Waals surface area contributed by atoms with Crippen LogP contribution in [0.4, 0.5) is 5.69 Å². The van der Waals surface area contributed by atoms with E-state index >= 15 is 0 Å². The summed E-state index contributed by atoms with van der Waals surface area (Å²) in [4.78, 5) is 11.8. The zero-order valence-corrected chi connectivity index (χ0v) is 18.6. The molecule has 0 radical (unpaired) electrons. The van der Waals surface area contributed by atoms with E-state index in [9.17, 15) is 21.6 Å². The quantitative estimate of drug-likeness (QED) is 0.474. The van der Waals surface area contributed by atoms with Crippen molar-refractivity contribution in [3.63, 3.8) is 0 Å². The summed E-state index contributed by atoms with van der Waals surface area (Å²) in [6.07, 6.45) is 0.169. The second kappa shape index (κ2) is 8.91. The SMILES string of the molecule is CCC(=O)c1ccc(OC)c(N(S(=O)(=O)c2ccccc2)S(=O)(=O)c2ccccc2)c1. The van der Waals surface area contributed by atoms with Crippen molar-refractivity contribution >= 4 is 31.5 Å². The summed E-state index contributed by atoms with van der Waals surface area (Å²) in [5, 5.41) is 0. The van der Waals surface area contributed by atoms with Gasteiger partial charge in [0.1, 0.15) is 11.4 Å². The molecule has 0 saturated carbocycles. The van der Waals surface area contributed by atoms with Gasteiger partial charge in [-0.15, -0.1) is 0 Å². The van der Waals surface area contributed by atoms with E-state index in [1.54, 1.807) is 19.1 Å². The van der Waals surface area contributed by atoms with Crippen LogP contribution in [-0.2, 0) is 20.0 Å². The van der Waals surface area contributed by atoms with Crippen molar-refractivity contribution in [1.82, 2.24) is 0 Å². The molecular formula is C22H21NO6S2. The van der Waals surface area contributed by atoms with E-state index in [0.717, 1.165) is 0 Å². The maximum atomic E-state index is 13.6. The number of rotatable bonds is 8. The van der Waals surface area contributed by atoms with Crippen LogP contribution in [0.1, 0.15) is 23.7 Å². The number of benzene rings is 3. The van der Waals surface area contributed by atoms with Crippen LogP contribution in [0.2, 0.25) is 0 Å². The molecule has 0 bridgehead atoms. The lowest BCUT2D eigenvalue weighted by Crippen LogP contribution is -2.37. The monoisotopic (exact) mass is 459 g/mol. The Labute approximate surface area is 182 Å². The molecule has 0 amide bonds. The average Bonchev–Trinajstić information content (AvgIpc) is 2.79. The van der Waals surface area contributed by atoms with Crippen LogP contribution in [0.15, 0.2) is 88.7 Å². The number of anilines is 1. The lowest BCUT2D eigenvalue weighted by molar-refractivity contribution is 0.0988. The number of nitrogens with zero attached hydrogens (tertiary/aromatic N) is 1. The molecule has 0 saturated heterocycles. The molecule has 3 aromatic rings. The highest BCUT2D eigenvalue weighted by molar-refractivity contribution is 8.10. The minimum atomic E-state index is -4.59. The minimum Gasteiger partial charge on any atom is -0.495 e. The van der Waals surface area contributed by atoms with Gasteiger partial charge in [0.25, 0.3) is 20.0 Å². The molecule has 3 rings (SSSR count). The van der Waals surface area contributed by atoms with Crippen molar-refractivity contribution in [2.45, 2.75) is 23.1 Å². The summed E-state index contributed by atoms with van der Waals surface area (Å²) in [6, 6.07) is 18.5. The van der Waals surface area contributed by atoms with Crippen molar-refractivity contribution in [1.29, 1.82) is 0 Å². The third kappa shape index (κ3) is 4.33. The topological polar surface area (TPSA) is 97.8 Å². The van der Waals surface area contributed by atoms with Crippen LogP contribution in [0.5, 0.6) is 5.75 Å². The maximum absolute atomic E-state index is 13.6. The van der Waals surface area contributed by atoms with Gasteiger partial charge >= 0.3 is 0 Å². The molecule has 0 aliphatic rings. The summed E-state index contributed by atoms with van der Waals surface area (Å²) >= 11 is 0. The van der Waals surface area contributed by atoms with Crippen LogP contribution < -0.4 is 8.45 Å². The Kier molecular flexibility index (Phi) is 6.47. The van der Waals surface area contributed by atoms with Gasteiger partial charge < -0.3 is 4.74 Å². The van der Waals surface area contributed by atoms with Gasteiger partial charge in [-0.05, 0) is 42.5 Å². The molecule has 0 aliphatic carbocycles. The fourth-order valence-electron chi connectivity index (χ4n) is 2.97. The van der Waals surface area contributed by atoms with E-state index in [-0.39, 0.29) is 39.0 Å². The van der Waals surface area contributed by atoms with Crippen LogP contribution in [0.25, 0.3) is 0 Å². The Balaban J connectivity index is 2.37. The summed E-state index contributed by atoms with van der Waals surface area (Å²) in [7, 11) is -7.88. The Morgan fingerprint density at radius 3 is 1.71 bits per heavy atom. The molecule has 0 aliphatic heterocycles. The Morgan fingerprint density at radius 2 is 1.29 bits per heavy atom. The van der Waals surface area contributed by atoms with Gasteiger partial charge in [-0.2, -0.15) is 3.71 Å². The number of Topliss-reactive ketones (excluding diaryl/α,β-unsaturated/α-hetero) is 1. The second-order valence-electron chi connectivity index (χ2n) is 6.50. The van der Waals surface area contributed by atoms with Gasteiger partial charge in [0.15, 0.2) is 5.78 Å². The number of carbonyl (C=O) groups is 1. The van der Waals surface area contributed by atoms with E-state index in [2.05, 4.69) is 0 Å². The van der Waals surface area contributed by atoms with Gasteiger partial charge in [0.2, 0.25) is 0 Å². The molecular weight excluding hydrogens is 438 g/mol. The Morgan fingerprint density at radius 1 is 0.806 bits per heavy atom. The molecule has 0 aromatic heterocycles. The van der Waals surface area contributed by atoms with E-state index in [0.29, 0.717) is 3.71 Å². The van der Waals surface area contributed by atoms with Crippen molar-refractivity contribution in [3.05, 3.63) is 84.4 Å². The number of hydrogen-bond donors (Lipinski definition) is 0. The smallest absolute Gasteiger partial charge is 0.277 e. The highest BCUT2D eigenvalue weighted by atomic mass is 32.3. The summed E-state index contributed by atoms with van der Waals surface area (Å²) in [5.74, 6) is -0.273. The van der Waals surface area contributed by atoms with Gasteiger partial charge in [-0.3, -0.25) is 4.79 Å². The number of ketones is 1. The molecule has 0 N–H and O–H groups in total. The van der Waals surface area contributed by atoms with Gasteiger partial charge in [0.05, 0.1) is 16.9 Å². The number of ether oxygens (including phenoxy) is 1. The van der Waals surface area contributed by atoms with Gasteiger partial charge in [-0.25, -0.2) is 16.8 Å². The zero-order chi connectivity index (χ0) is 22.6. The van der Waals surface area contributed by atoms with Crippen LogP contribution >= 0.6 is 0 Å². The van der Waals surface area contributed by atoms with Gasteiger partial charge in [-0.1, -0.05) is 43.3 Å². The highest BCUT2D eigenvalue weighted by Gasteiger charge is 2.39. The van der Waals surface area contributed by atoms with Crippen molar-refractivity contribution in [2.75, 3.05) is 10.8 Å². The molecule has 9 heteroatoms. The Bertz CT molecular complexity index is 1220. The molecule has 162 valence electrons. The van der Waals surface area contributed by atoms with E-state index in [1.165, 1.54) is 73.8 Å². The normalized spacial score (nSPS) is 11.7. The zero-order valence-electron chi connectivity index (χ0n) is 16.9. The summed E-state index contributed by atoms with van der Waals surface area (Å²) in [6.45, 7) is 1.66. The lowest BCUT2D eigenvalue weighted by atomic mass is 10.1. The molecule has 3 aromatic carbocycles. The van der Waals surface area contributed by atoms with E-state index < -0.39 is 20.0 Å². The first-order chi connectivity index (χ1) is 14.7. The van der Waals surface area contributed by atoms with Crippen molar-refractivity contribution in [3.8, 4) is 5.75 Å². The predicted octanol–water partition coefficient (Wildman–Crippen LogP) is 3.87. The van der Waals surface area contributed by atoms with Crippen LogP contribution in [0, 0.1) is 0 Å². The fourth-order valence-corrected chi connectivity index (χ4v) is 6.71. The molecule has 0 fully saturated rings. The highest BCUT2D eigenvalue weighted by Crippen LogP contribution is 2.38. The van der Waals surface area contributed by atoms with Crippen molar-refractivity contribution in [2.24, 2.45) is 0 Å². The standard InChI is InChI=1S/C22H21NO6S2/c1-3-21(24)17-14-15-22(29-2)20(16-17)23(30(25,26)18-10-6-4-7-11-18)31(27,28)19-12-8-5-9-13-19/h4-16H,3H2,1-2H3. The third-order valence-corrected chi connectivity index (χ3v) is 8.72. The molecule has 31 heavy (non-hydrogen) atoms. The first-order valence-corrected chi connectivity index (χ1v) is 12.2. The number of sulfonamides is 2. The number of methoxy groups -OCH3 is 1. The second-order valence-corrected chi connectivity index (χ2v) is 10.3. The average molecular weight is 460 g/mol. The number of hydrogen-bond acceptors (Lipinski definition) is 6. The minimum absolute atomic E-state index is 0.00772. The van der Waals surface area contributed by atoms with Crippen molar-refractivity contribution < 1.29 is 26.4 Å². The summed E-state index contributed by atoms with van der Waals surface area (Å²) in [5.41, 5.74) is -0.0932. The molecule has 0 unspecified atom stereocenters. The predicted molar refractivity (Wildman–Crippen MR) is 117 cm³/mol. The molecule has 0 atom stereocenters. The fraction of sp³-hybridized carbons (Fsp3) is 0.136. The van der Waals surface area contributed by atoms with E-state index in [1.807, 2.05) is 0 Å². The first-order valence-electron chi connectivity index (χ1n) is 9.35. The summed E-state index contributed by atoms with van der Waals surface area (Å²) < 4.78 is 59.9. The van der Waals surface area contributed by atoms with Gasteiger partial charge in [0, 0.05) is 12.0 Å². The largest absolute Gasteiger partial charge is 0.495 e. The first kappa shape index (κ1) is 22.5.